The fraction of sp³-hybridized carbons (Fsp3) is 0.481. The molecule has 2 amide bonds. The van der Waals surface area contributed by atoms with Gasteiger partial charge in [0.15, 0.2) is 0 Å². The summed E-state index contributed by atoms with van der Waals surface area (Å²) in [7, 11) is 3.69. The number of likely N-dealkylation sites (N-methyl/N-ethyl adjacent to an activating group) is 1. The molecule has 3 rings (SSSR count). The van der Waals surface area contributed by atoms with Gasteiger partial charge in [0.25, 0.3) is 0 Å². The SMILES string of the molecule is CCCCN1C(=O)CCC(C(=O)NCCN(C)Cc2ccccc2)C1c1ccccc1OC. The maximum Gasteiger partial charge on any atom is 0.225 e. The molecule has 1 saturated heterocycles. The minimum Gasteiger partial charge on any atom is -0.496 e. The molecular weight excluding hydrogens is 414 g/mol. The lowest BCUT2D eigenvalue weighted by Gasteiger charge is -2.41. The van der Waals surface area contributed by atoms with Gasteiger partial charge in [0.05, 0.1) is 19.1 Å². The third-order valence-corrected chi connectivity index (χ3v) is 6.34. The minimum absolute atomic E-state index is 0.00742. The monoisotopic (exact) mass is 451 g/mol. The zero-order valence-electron chi connectivity index (χ0n) is 20.1. The molecule has 2 aromatic carbocycles. The van der Waals surface area contributed by atoms with Gasteiger partial charge in [0.2, 0.25) is 11.8 Å². The number of amides is 2. The van der Waals surface area contributed by atoms with E-state index in [1.54, 1.807) is 7.11 Å². The number of piperidine rings is 1. The highest BCUT2D eigenvalue weighted by molar-refractivity contribution is 5.85. The van der Waals surface area contributed by atoms with Gasteiger partial charge in [-0.3, -0.25) is 9.59 Å². The van der Waals surface area contributed by atoms with Gasteiger partial charge in [-0.2, -0.15) is 0 Å². The number of nitrogens with one attached hydrogen (secondary N) is 1. The molecule has 6 heteroatoms. The Kier molecular flexibility index (Phi) is 9.31. The first kappa shape index (κ1) is 24.8. The van der Waals surface area contributed by atoms with Crippen LogP contribution in [0.3, 0.4) is 0 Å². The van der Waals surface area contributed by atoms with E-state index in [2.05, 4.69) is 36.3 Å². The quantitative estimate of drug-likeness (QED) is 0.561. The highest BCUT2D eigenvalue weighted by Crippen LogP contribution is 2.40. The number of carbonyl (C=O) groups is 2. The van der Waals surface area contributed by atoms with Gasteiger partial charge < -0.3 is 19.9 Å². The van der Waals surface area contributed by atoms with Crippen molar-refractivity contribution in [1.29, 1.82) is 0 Å². The second-order valence-corrected chi connectivity index (χ2v) is 8.79. The molecule has 2 aromatic rings. The molecule has 33 heavy (non-hydrogen) atoms. The Bertz CT molecular complexity index is 902. The van der Waals surface area contributed by atoms with Crippen LogP contribution in [-0.4, -0.2) is 55.4 Å². The first-order valence-electron chi connectivity index (χ1n) is 12.0. The van der Waals surface area contributed by atoms with Crippen molar-refractivity contribution in [3.63, 3.8) is 0 Å². The Balaban J connectivity index is 1.70. The third-order valence-electron chi connectivity index (χ3n) is 6.34. The first-order chi connectivity index (χ1) is 16.0. The second-order valence-electron chi connectivity index (χ2n) is 8.79. The topological polar surface area (TPSA) is 61.9 Å². The lowest BCUT2D eigenvalue weighted by molar-refractivity contribution is -0.143. The van der Waals surface area contributed by atoms with Crippen LogP contribution in [0.4, 0.5) is 0 Å². The second kappa shape index (κ2) is 12.4. The molecule has 1 N–H and O–H groups in total. The van der Waals surface area contributed by atoms with Gasteiger partial charge in [-0.25, -0.2) is 0 Å². The van der Waals surface area contributed by atoms with E-state index in [1.807, 2.05) is 47.4 Å². The van der Waals surface area contributed by atoms with Crippen molar-refractivity contribution in [1.82, 2.24) is 15.1 Å². The molecule has 0 bridgehead atoms. The van der Waals surface area contributed by atoms with Crippen LogP contribution < -0.4 is 10.1 Å². The van der Waals surface area contributed by atoms with E-state index in [4.69, 9.17) is 4.74 Å². The number of para-hydroxylation sites is 1. The lowest BCUT2D eigenvalue weighted by atomic mass is 9.83. The van der Waals surface area contributed by atoms with Gasteiger partial charge in [-0.05, 0) is 31.5 Å². The Hall–Kier alpha value is -2.86. The number of hydrogen-bond donors (Lipinski definition) is 1. The summed E-state index contributed by atoms with van der Waals surface area (Å²) in [5.41, 5.74) is 2.16. The number of nitrogens with zero attached hydrogens (tertiary/aromatic N) is 2. The zero-order valence-corrected chi connectivity index (χ0v) is 20.1. The highest BCUT2D eigenvalue weighted by Gasteiger charge is 2.41. The first-order valence-corrected chi connectivity index (χ1v) is 12.0. The van der Waals surface area contributed by atoms with Crippen molar-refractivity contribution in [3.8, 4) is 5.75 Å². The Morgan fingerprint density at radius 3 is 2.61 bits per heavy atom. The fourth-order valence-corrected chi connectivity index (χ4v) is 4.59. The lowest BCUT2D eigenvalue weighted by Crippen LogP contribution is -2.49. The molecule has 178 valence electrons. The molecule has 1 aliphatic heterocycles. The normalized spacial score (nSPS) is 18.4. The maximum atomic E-state index is 13.3. The van der Waals surface area contributed by atoms with E-state index in [9.17, 15) is 9.59 Å². The maximum absolute atomic E-state index is 13.3. The summed E-state index contributed by atoms with van der Waals surface area (Å²) < 4.78 is 5.61. The summed E-state index contributed by atoms with van der Waals surface area (Å²) in [5, 5.41) is 3.14. The molecule has 0 aromatic heterocycles. The molecule has 1 heterocycles. The number of ether oxygens (including phenoxy) is 1. The number of carbonyl (C=O) groups excluding carboxylic acids is 2. The van der Waals surface area contributed by atoms with E-state index in [0.29, 0.717) is 25.9 Å². The largest absolute Gasteiger partial charge is 0.496 e. The Morgan fingerprint density at radius 1 is 1.15 bits per heavy atom. The van der Waals surface area contributed by atoms with E-state index < -0.39 is 0 Å². The summed E-state index contributed by atoms with van der Waals surface area (Å²) in [6, 6.07) is 17.7. The van der Waals surface area contributed by atoms with Gasteiger partial charge in [-0.1, -0.05) is 61.9 Å². The van der Waals surface area contributed by atoms with Gasteiger partial charge in [0, 0.05) is 38.2 Å². The van der Waals surface area contributed by atoms with E-state index in [-0.39, 0.29) is 23.8 Å². The molecule has 2 unspecified atom stereocenters. The van der Waals surface area contributed by atoms with Crippen molar-refractivity contribution in [2.45, 2.75) is 45.2 Å². The number of rotatable bonds is 11. The molecule has 0 radical (unpaired) electrons. The summed E-state index contributed by atoms with van der Waals surface area (Å²) >= 11 is 0. The van der Waals surface area contributed by atoms with Crippen molar-refractivity contribution < 1.29 is 14.3 Å². The highest BCUT2D eigenvalue weighted by atomic mass is 16.5. The van der Waals surface area contributed by atoms with Crippen LogP contribution in [0.2, 0.25) is 0 Å². The van der Waals surface area contributed by atoms with Gasteiger partial charge in [-0.15, -0.1) is 0 Å². The minimum atomic E-state index is -0.309. The van der Waals surface area contributed by atoms with Gasteiger partial charge in [0.1, 0.15) is 5.75 Å². The van der Waals surface area contributed by atoms with Crippen LogP contribution in [-0.2, 0) is 16.1 Å². The molecule has 0 aliphatic carbocycles. The molecule has 1 fully saturated rings. The summed E-state index contributed by atoms with van der Waals surface area (Å²) in [4.78, 5) is 30.3. The van der Waals surface area contributed by atoms with E-state index >= 15 is 0 Å². The third kappa shape index (κ3) is 6.57. The van der Waals surface area contributed by atoms with Crippen LogP contribution in [0, 0.1) is 5.92 Å². The van der Waals surface area contributed by atoms with Crippen molar-refractivity contribution in [3.05, 3.63) is 65.7 Å². The van der Waals surface area contributed by atoms with Crippen LogP contribution in [0.5, 0.6) is 5.75 Å². The van der Waals surface area contributed by atoms with Gasteiger partial charge >= 0.3 is 0 Å². The predicted molar refractivity (Wildman–Crippen MR) is 131 cm³/mol. The molecule has 0 spiro atoms. The van der Waals surface area contributed by atoms with E-state index in [1.165, 1.54) is 5.56 Å². The fourth-order valence-electron chi connectivity index (χ4n) is 4.59. The average molecular weight is 452 g/mol. The summed E-state index contributed by atoms with van der Waals surface area (Å²) in [6.07, 6.45) is 2.86. The standard InChI is InChI=1S/C27H37N3O3/c1-4-5-18-30-25(31)16-15-23(26(30)22-13-9-10-14-24(22)33-3)27(32)28-17-19-29(2)20-21-11-7-6-8-12-21/h6-14,23,26H,4-5,15-20H2,1-3H3,(H,28,32). The van der Waals surface area contributed by atoms with Crippen molar-refractivity contribution in [2.24, 2.45) is 5.92 Å². The van der Waals surface area contributed by atoms with Crippen LogP contribution in [0.25, 0.3) is 0 Å². The number of likely N-dealkylation sites (tertiary alicyclic amines) is 1. The van der Waals surface area contributed by atoms with Crippen molar-refractivity contribution >= 4 is 11.8 Å². The molecule has 2 atom stereocenters. The number of benzene rings is 2. The van der Waals surface area contributed by atoms with Crippen molar-refractivity contribution in [2.75, 3.05) is 33.8 Å². The molecule has 0 saturated carbocycles. The molecule has 1 aliphatic rings. The molecular formula is C27H37N3O3. The summed E-state index contributed by atoms with van der Waals surface area (Å²) in [6.45, 7) is 4.93. The Labute approximate surface area is 197 Å². The number of methoxy groups -OCH3 is 1. The molecule has 6 nitrogen and oxygen atoms in total. The number of hydrogen-bond acceptors (Lipinski definition) is 4. The smallest absolute Gasteiger partial charge is 0.225 e. The van der Waals surface area contributed by atoms with Crippen LogP contribution in [0.15, 0.2) is 54.6 Å². The van der Waals surface area contributed by atoms with E-state index in [0.717, 1.165) is 37.2 Å². The zero-order chi connectivity index (χ0) is 23.6. The Morgan fingerprint density at radius 2 is 1.88 bits per heavy atom. The average Bonchev–Trinajstić information content (AvgIpc) is 2.83. The number of unbranched alkanes of at least 4 members (excludes halogenated alkanes) is 1. The predicted octanol–water partition coefficient (Wildman–Crippen LogP) is 4.02. The van der Waals surface area contributed by atoms with Crippen LogP contribution >= 0.6 is 0 Å². The summed E-state index contributed by atoms with van der Waals surface area (Å²) in [5.74, 6) is 0.549. The van der Waals surface area contributed by atoms with Crippen LogP contribution in [0.1, 0.15) is 49.8 Å².